The van der Waals surface area contributed by atoms with Crippen LogP contribution in [0.15, 0.2) is 59.4 Å². The van der Waals surface area contributed by atoms with E-state index in [1.807, 2.05) is 39.0 Å². The Morgan fingerprint density at radius 2 is 1.82 bits per heavy atom. The number of halogens is 1. The van der Waals surface area contributed by atoms with Crippen molar-refractivity contribution in [2.75, 3.05) is 5.32 Å². The van der Waals surface area contributed by atoms with Gasteiger partial charge in [-0.1, -0.05) is 36.2 Å². The number of hydrogen-bond donors (Lipinski definition) is 1. The van der Waals surface area contributed by atoms with Gasteiger partial charge < -0.3 is 5.32 Å². The molecular formula is C22H22ClN3O2. The van der Waals surface area contributed by atoms with Gasteiger partial charge in [-0.05, 0) is 62.2 Å². The summed E-state index contributed by atoms with van der Waals surface area (Å²) in [5, 5.41) is 7.93. The number of carbonyl (C=O) groups excluding carboxylic acids is 1. The second-order valence-electron chi connectivity index (χ2n) is 6.74. The summed E-state index contributed by atoms with van der Waals surface area (Å²) in [6.45, 7) is 5.86. The van der Waals surface area contributed by atoms with Gasteiger partial charge in [0.05, 0.1) is 5.69 Å². The van der Waals surface area contributed by atoms with Crippen LogP contribution in [0.25, 0.3) is 11.3 Å². The van der Waals surface area contributed by atoms with Crippen molar-refractivity contribution in [3.05, 3.63) is 81.1 Å². The number of rotatable bonds is 5. The Kier molecular flexibility index (Phi) is 5.95. The van der Waals surface area contributed by atoms with Gasteiger partial charge in [0.1, 0.15) is 6.04 Å². The molecular weight excluding hydrogens is 374 g/mol. The summed E-state index contributed by atoms with van der Waals surface area (Å²) in [6, 6.07) is 15.4. The average molecular weight is 396 g/mol. The summed E-state index contributed by atoms with van der Waals surface area (Å²) in [5.41, 5.74) is 4.08. The fourth-order valence-corrected chi connectivity index (χ4v) is 3.16. The van der Waals surface area contributed by atoms with Gasteiger partial charge in [-0.3, -0.25) is 9.59 Å². The van der Waals surface area contributed by atoms with Crippen LogP contribution in [0, 0.1) is 13.8 Å². The lowest BCUT2D eigenvalue weighted by atomic mass is 10.0. The predicted molar refractivity (Wildman–Crippen MR) is 113 cm³/mol. The molecule has 1 amide bonds. The summed E-state index contributed by atoms with van der Waals surface area (Å²) in [7, 11) is 0. The standard InChI is InChI=1S/C22H22ClN3O2/c1-4-20(22(28)24-17-9-7-16(23)8-10-17)26-21(27)12-11-19(25-26)18-13-14(2)5-6-15(18)3/h5-13,20H,4H2,1-3H3,(H,24,28)/t20-/m1/s1. The van der Waals surface area contributed by atoms with E-state index in [0.29, 0.717) is 22.8 Å². The van der Waals surface area contributed by atoms with E-state index in [4.69, 9.17) is 11.6 Å². The average Bonchev–Trinajstić information content (AvgIpc) is 2.67. The van der Waals surface area contributed by atoms with E-state index in [1.165, 1.54) is 10.7 Å². The Balaban J connectivity index is 1.96. The minimum Gasteiger partial charge on any atom is -0.324 e. The highest BCUT2D eigenvalue weighted by molar-refractivity contribution is 6.30. The van der Waals surface area contributed by atoms with Gasteiger partial charge in [-0.25, -0.2) is 4.68 Å². The van der Waals surface area contributed by atoms with Crippen LogP contribution >= 0.6 is 11.6 Å². The molecule has 0 saturated carbocycles. The predicted octanol–water partition coefficient (Wildman–Crippen LogP) is 4.77. The van der Waals surface area contributed by atoms with E-state index in [2.05, 4.69) is 10.4 Å². The molecule has 1 aromatic heterocycles. The molecule has 0 aliphatic carbocycles. The molecule has 0 unspecified atom stereocenters. The molecule has 0 bridgehead atoms. The molecule has 0 spiro atoms. The van der Waals surface area contributed by atoms with E-state index >= 15 is 0 Å². The van der Waals surface area contributed by atoms with Gasteiger partial charge in [-0.15, -0.1) is 0 Å². The number of amides is 1. The van der Waals surface area contributed by atoms with Crippen molar-refractivity contribution < 1.29 is 4.79 Å². The second kappa shape index (κ2) is 8.40. The van der Waals surface area contributed by atoms with E-state index in [9.17, 15) is 9.59 Å². The molecule has 1 N–H and O–H groups in total. The van der Waals surface area contributed by atoms with Crippen molar-refractivity contribution >= 4 is 23.2 Å². The maximum absolute atomic E-state index is 12.8. The third-order valence-corrected chi connectivity index (χ3v) is 4.84. The molecule has 3 aromatic rings. The summed E-state index contributed by atoms with van der Waals surface area (Å²) in [5.74, 6) is -0.294. The van der Waals surface area contributed by atoms with Crippen molar-refractivity contribution in [2.45, 2.75) is 33.2 Å². The molecule has 5 nitrogen and oxygen atoms in total. The molecule has 28 heavy (non-hydrogen) atoms. The fourth-order valence-electron chi connectivity index (χ4n) is 3.03. The third-order valence-electron chi connectivity index (χ3n) is 4.59. The van der Waals surface area contributed by atoms with E-state index in [0.717, 1.165) is 16.7 Å². The number of hydrogen-bond acceptors (Lipinski definition) is 3. The van der Waals surface area contributed by atoms with Crippen molar-refractivity contribution in [3.63, 3.8) is 0 Å². The Labute approximate surface area is 169 Å². The van der Waals surface area contributed by atoms with E-state index in [-0.39, 0.29) is 11.5 Å². The zero-order valence-electron chi connectivity index (χ0n) is 16.1. The highest BCUT2D eigenvalue weighted by Crippen LogP contribution is 2.23. The molecule has 0 aliphatic rings. The number of carbonyl (C=O) groups is 1. The maximum Gasteiger partial charge on any atom is 0.267 e. The first-order valence-electron chi connectivity index (χ1n) is 9.13. The fraction of sp³-hybridized carbons (Fsp3) is 0.227. The molecule has 3 rings (SSSR count). The van der Waals surface area contributed by atoms with Crippen LogP contribution in [0.3, 0.4) is 0 Å². The molecule has 2 aromatic carbocycles. The molecule has 6 heteroatoms. The van der Waals surface area contributed by atoms with Crippen LogP contribution < -0.4 is 10.9 Å². The number of anilines is 1. The van der Waals surface area contributed by atoms with Gasteiger partial charge >= 0.3 is 0 Å². The second-order valence-corrected chi connectivity index (χ2v) is 7.18. The number of aromatic nitrogens is 2. The lowest BCUT2D eigenvalue weighted by Gasteiger charge is -2.18. The van der Waals surface area contributed by atoms with Gasteiger partial charge in [0.25, 0.3) is 5.56 Å². The Morgan fingerprint density at radius 3 is 2.50 bits per heavy atom. The van der Waals surface area contributed by atoms with Crippen molar-refractivity contribution in [1.82, 2.24) is 9.78 Å². The molecule has 144 valence electrons. The maximum atomic E-state index is 12.8. The quantitative estimate of drug-likeness (QED) is 0.676. The lowest BCUT2D eigenvalue weighted by molar-refractivity contribution is -0.119. The number of aryl methyl sites for hydroxylation is 2. The molecule has 1 atom stereocenters. The monoisotopic (exact) mass is 395 g/mol. The van der Waals surface area contributed by atoms with Crippen LogP contribution in [0.4, 0.5) is 5.69 Å². The van der Waals surface area contributed by atoms with Gasteiger partial charge in [0.15, 0.2) is 0 Å². The summed E-state index contributed by atoms with van der Waals surface area (Å²) in [6.07, 6.45) is 0.433. The van der Waals surface area contributed by atoms with Gasteiger partial charge in [0.2, 0.25) is 5.91 Å². The Hall–Kier alpha value is -2.92. The third kappa shape index (κ3) is 4.31. The number of benzene rings is 2. The molecule has 0 fully saturated rings. The number of nitrogens with zero attached hydrogens (tertiary/aromatic N) is 2. The van der Waals surface area contributed by atoms with Crippen molar-refractivity contribution in [3.8, 4) is 11.3 Å². The summed E-state index contributed by atoms with van der Waals surface area (Å²) >= 11 is 5.89. The zero-order chi connectivity index (χ0) is 20.3. The zero-order valence-corrected chi connectivity index (χ0v) is 16.8. The van der Waals surface area contributed by atoms with Crippen molar-refractivity contribution in [1.29, 1.82) is 0 Å². The summed E-state index contributed by atoms with van der Waals surface area (Å²) in [4.78, 5) is 25.3. The first-order valence-corrected chi connectivity index (χ1v) is 9.50. The normalized spacial score (nSPS) is 11.9. The largest absolute Gasteiger partial charge is 0.324 e. The first kappa shape index (κ1) is 19.8. The van der Waals surface area contributed by atoms with Gasteiger partial charge in [-0.2, -0.15) is 5.10 Å². The Morgan fingerprint density at radius 1 is 1.11 bits per heavy atom. The topological polar surface area (TPSA) is 64.0 Å². The lowest BCUT2D eigenvalue weighted by Crippen LogP contribution is -2.34. The molecule has 0 radical (unpaired) electrons. The summed E-state index contributed by atoms with van der Waals surface area (Å²) < 4.78 is 1.27. The van der Waals surface area contributed by atoms with E-state index in [1.54, 1.807) is 30.3 Å². The minimum atomic E-state index is -0.715. The van der Waals surface area contributed by atoms with Crippen LogP contribution in [0.5, 0.6) is 0 Å². The molecule has 0 saturated heterocycles. The molecule has 1 heterocycles. The van der Waals surface area contributed by atoms with Crippen molar-refractivity contribution in [2.24, 2.45) is 0 Å². The van der Waals surface area contributed by atoms with E-state index < -0.39 is 6.04 Å². The highest BCUT2D eigenvalue weighted by Gasteiger charge is 2.21. The van der Waals surface area contributed by atoms with Gasteiger partial charge in [0, 0.05) is 22.3 Å². The minimum absolute atomic E-state index is 0.294. The van der Waals surface area contributed by atoms with Crippen LogP contribution in [-0.4, -0.2) is 15.7 Å². The molecule has 0 aliphatic heterocycles. The SMILES string of the molecule is CC[C@H](C(=O)Nc1ccc(Cl)cc1)n1nc(-c2cc(C)ccc2C)ccc1=O. The smallest absolute Gasteiger partial charge is 0.267 e. The highest BCUT2D eigenvalue weighted by atomic mass is 35.5. The first-order chi connectivity index (χ1) is 13.4. The van der Waals surface area contributed by atoms with Crippen LogP contribution in [0.1, 0.15) is 30.5 Å². The Bertz CT molecular complexity index is 1060. The number of nitrogens with one attached hydrogen (secondary N) is 1. The van der Waals surface area contributed by atoms with Crippen LogP contribution in [-0.2, 0) is 4.79 Å². The van der Waals surface area contributed by atoms with Crippen LogP contribution in [0.2, 0.25) is 5.02 Å².